The summed E-state index contributed by atoms with van der Waals surface area (Å²) in [6, 6.07) is -0.726. The van der Waals surface area contributed by atoms with Crippen molar-refractivity contribution in [2.24, 2.45) is 17.6 Å². The quantitative estimate of drug-likeness (QED) is 0.0547. The monoisotopic (exact) mass is 773 g/mol. The minimum atomic E-state index is -1.20. The van der Waals surface area contributed by atoms with Gasteiger partial charge in [-0.1, -0.05) is 19.3 Å². The predicted octanol–water partition coefficient (Wildman–Crippen LogP) is 1.42. The predicted molar refractivity (Wildman–Crippen MR) is 202 cm³/mol. The molecule has 5 amide bonds. The van der Waals surface area contributed by atoms with Crippen molar-refractivity contribution in [1.29, 1.82) is 0 Å². The van der Waals surface area contributed by atoms with Crippen molar-refractivity contribution in [2.45, 2.75) is 138 Å². The summed E-state index contributed by atoms with van der Waals surface area (Å²) < 4.78 is 5.61. The number of nitrogens with one attached hydrogen (secondary N) is 3. The number of imide groups is 1. The van der Waals surface area contributed by atoms with Gasteiger partial charge < -0.3 is 41.7 Å². The molecular formula is C36H63N5O9S2. The van der Waals surface area contributed by atoms with Crippen LogP contribution in [0.2, 0.25) is 0 Å². The first kappa shape index (κ1) is 44.4. The number of likely N-dealkylation sites (tertiary alicyclic amines) is 1. The fraction of sp³-hybridized carbons (Fsp3) is 0.861. The van der Waals surface area contributed by atoms with Crippen LogP contribution < -0.4 is 21.7 Å². The molecule has 0 spiro atoms. The third kappa shape index (κ3) is 15.1. The molecule has 52 heavy (non-hydrogen) atoms. The Balaban J connectivity index is 1.07. The van der Waals surface area contributed by atoms with Gasteiger partial charge in [0.05, 0.1) is 17.9 Å². The number of amides is 5. The van der Waals surface area contributed by atoms with E-state index in [9.17, 15) is 39.3 Å². The highest BCUT2D eigenvalue weighted by molar-refractivity contribution is 8.00. The molecule has 3 fully saturated rings. The van der Waals surface area contributed by atoms with Gasteiger partial charge in [-0.3, -0.25) is 28.9 Å². The highest BCUT2D eigenvalue weighted by Crippen LogP contribution is 2.32. The summed E-state index contributed by atoms with van der Waals surface area (Å²) in [6.45, 7) is 1.89. The summed E-state index contributed by atoms with van der Waals surface area (Å²) in [7, 11) is 0. The summed E-state index contributed by atoms with van der Waals surface area (Å²) in [5.41, 5.74) is 5.47. The van der Waals surface area contributed by atoms with Crippen LogP contribution in [0, 0.1) is 11.8 Å². The summed E-state index contributed by atoms with van der Waals surface area (Å²) in [6.07, 6.45) is 10.7. The fourth-order valence-corrected chi connectivity index (χ4v) is 8.76. The molecule has 2 aliphatic heterocycles. The summed E-state index contributed by atoms with van der Waals surface area (Å²) in [4.78, 5) is 62.9. The van der Waals surface area contributed by atoms with Gasteiger partial charge in [-0.25, -0.2) is 0 Å². The van der Waals surface area contributed by atoms with E-state index in [0.717, 1.165) is 89.2 Å². The van der Waals surface area contributed by atoms with Crippen LogP contribution in [0.15, 0.2) is 0 Å². The second-order valence-electron chi connectivity index (χ2n) is 14.3. The lowest BCUT2D eigenvalue weighted by Crippen LogP contribution is -2.60. The van der Waals surface area contributed by atoms with Crippen molar-refractivity contribution in [3.05, 3.63) is 0 Å². The molecule has 2 saturated heterocycles. The number of unbranched alkanes of at least 4 members (excludes halogenated alkanes) is 6. The molecule has 0 aromatic rings. The summed E-state index contributed by atoms with van der Waals surface area (Å²) in [5, 5.41) is 37.9. The highest BCUT2D eigenvalue weighted by Gasteiger charge is 2.42. The Bertz CT molecular complexity index is 1130. The molecular weight excluding hydrogens is 711 g/mol. The zero-order valence-electron chi connectivity index (χ0n) is 30.8. The van der Waals surface area contributed by atoms with Gasteiger partial charge in [0.2, 0.25) is 29.5 Å². The van der Waals surface area contributed by atoms with E-state index in [4.69, 9.17) is 10.5 Å². The van der Waals surface area contributed by atoms with Gasteiger partial charge in [0, 0.05) is 51.4 Å². The number of thioether (sulfide) groups is 2. The number of nitrogens with zero attached hydrogens (tertiary/aromatic N) is 1. The lowest BCUT2D eigenvalue weighted by Gasteiger charge is -2.40. The average molecular weight is 774 g/mol. The first-order chi connectivity index (χ1) is 25.0. The van der Waals surface area contributed by atoms with Crippen molar-refractivity contribution >= 4 is 53.1 Å². The number of rotatable bonds is 24. The van der Waals surface area contributed by atoms with E-state index in [2.05, 4.69) is 16.0 Å². The minimum absolute atomic E-state index is 0.0202. The lowest BCUT2D eigenvalue weighted by atomic mass is 9.81. The molecule has 3 rings (SSSR count). The van der Waals surface area contributed by atoms with Gasteiger partial charge in [0.1, 0.15) is 23.7 Å². The van der Waals surface area contributed by atoms with Crippen LogP contribution in [0.4, 0.5) is 0 Å². The number of hydrogen-bond acceptors (Lipinski definition) is 12. The molecule has 0 aromatic heterocycles. The maximum Gasteiger partial charge on any atom is 0.242 e. The number of carbonyl (C=O) groups is 5. The molecule has 8 N–H and O–H groups in total. The van der Waals surface area contributed by atoms with E-state index in [1.54, 1.807) is 0 Å². The van der Waals surface area contributed by atoms with E-state index >= 15 is 0 Å². The van der Waals surface area contributed by atoms with Gasteiger partial charge in [-0.05, 0) is 82.1 Å². The van der Waals surface area contributed by atoms with Crippen molar-refractivity contribution in [1.82, 2.24) is 20.9 Å². The van der Waals surface area contributed by atoms with E-state index in [0.29, 0.717) is 45.4 Å². The molecule has 298 valence electrons. The molecule has 4 unspecified atom stereocenters. The van der Waals surface area contributed by atoms with Crippen LogP contribution in [0.5, 0.6) is 0 Å². The molecule has 6 atom stereocenters. The standard InChI is InChI=1S/C36H63N5O9S2/c1-51-27-21-30(45)41(35(27)49)22-24-13-15-25(16-14-24)34(48)40-19-8-3-6-12-28(43)38-17-7-2-5-11-29(44)39-18-9-4-10-20-52-36-31(37)33(47)32(46)26(23-42)50-36/h24-27,31-33,36,42,46-47H,2-23,37H2,1H3,(H,38,43)(H,39,44)(H,40,48)/t24?,25?,26?,27?,31?,32-,33?,36-/m0/s1. The van der Waals surface area contributed by atoms with Crippen molar-refractivity contribution < 1.29 is 44.0 Å². The van der Waals surface area contributed by atoms with Crippen molar-refractivity contribution in [3.8, 4) is 0 Å². The van der Waals surface area contributed by atoms with E-state index in [1.807, 2.05) is 6.26 Å². The zero-order chi connectivity index (χ0) is 37.9. The third-order valence-electron chi connectivity index (χ3n) is 10.3. The Kier molecular flexibility index (Phi) is 20.9. The third-order valence-corrected chi connectivity index (χ3v) is 12.5. The Morgan fingerprint density at radius 3 is 1.96 bits per heavy atom. The number of hydrogen-bond donors (Lipinski definition) is 7. The molecule has 16 heteroatoms. The molecule has 1 saturated carbocycles. The molecule has 0 bridgehead atoms. The normalized spacial score (nSPS) is 27.8. The Hall–Kier alpha value is -1.95. The van der Waals surface area contributed by atoms with Gasteiger partial charge in [0.15, 0.2) is 0 Å². The van der Waals surface area contributed by atoms with Crippen LogP contribution in [-0.2, 0) is 28.7 Å². The van der Waals surface area contributed by atoms with Crippen LogP contribution in [-0.4, -0.2) is 130 Å². The first-order valence-corrected chi connectivity index (χ1v) is 21.6. The van der Waals surface area contributed by atoms with Gasteiger partial charge in [0.25, 0.3) is 0 Å². The second-order valence-corrected chi connectivity index (χ2v) is 16.6. The number of aliphatic hydroxyl groups excluding tert-OH is 3. The van der Waals surface area contributed by atoms with Gasteiger partial charge in [-0.2, -0.15) is 11.8 Å². The average Bonchev–Trinajstić information content (AvgIpc) is 3.41. The van der Waals surface area contributed by atoms with Crippen LogP contribution in [0.3, 0.4) is 0 Å². The number of aliphatic hydroxyl groups is 3. The van der Waals surface area contributed by atoms with Crippen molar-refractivity contribution in [3.63, 3.8) is 0 Å². The Morgan fingerprint density at radius 1 is 0.827 bits per heavy atom. The first-order valence-electron chi connectivity index (χ1n) is 19.2. The highest BCUT2D eigenvalue weighted by atomic mass is 32.2. The smallest absolute Gasteiger partial charge is 0.242 e. The number of ether oxygens (including phenoxy) is 1. The fourth-order valence-electron chi connectivity index (χ4n) is 6.91. The minimum Gasteiger partial charge on any atom is -0.394 e. The molecule has 2 heterocycles. The Labute approximate surface area is 317 Å². The molecule has 0 radical (unpaired) electrons. The largest absolute Gasteiger partial charge is 0.394 e. The van der Waals surface area contributed by atoms with Crippen LogP contribution in [0.25, 0.3) is 0 Å². The van der Waals surface area contributed by atoms with E-state index in [1.165, 1.54) is 28.4 Å². The van der Waals surface area contributed by atoms with Gasteiger partial charge >= 0.3 is 0 Å². The number of carbonyl (C=O) groups excluding carboxylic acids is 5. The SMILES string of the molecule is CSC1CC(=O)N(CC2CCC(C(=O)NCCCCCC(=O)NCCCCCC(=O)NCCCCCS[C@@H]3OC(CO)[C@H](O)C(O)C3N)CC2)C1=O. The van der Waals surface area contributed by atoms with Crippen molar-refractivity contribution in [2.75, 3.05) is 44.8 Å². The topological polar surface area (TPSA) is 221 Å². The van der Waals surface area contributed by atoms with Crippen LogP contribution in [0.1, 0.15) is 103 Å². The summed E-state index contributed by atoms with van der Waals surface area (Å²) >= 11 is 2.89. The number of nitrogens with two attached hydrogens (primary N) is 1. The molecule has 3 aliphatic rings. The maximum atomic E-state index is 12.6. The lowest BCUT2D eigenvalue weighted by molar-refractivity contribution is -0.165. The zero-order valence-corrected chi connectivity index (χ0v) is 32.4. The Morgan fingerprint density at radius 2 is 1.40 bits per heavy atom. The van der Waals surface area contributed by atoms with Gasteiger partial charge in [-0.15, -0.1) is 11.8 Å². The van der Waals surface area contributed by atoms with E-state index in [-0.39, 0.29) is 53.2 Å². The maximum absolute atomic E-state index is 12.6. The van der Waals surface area contributed by atoms with E-state index < -0.39 is 29.8 Å². The molecule has 14 nitrogen and oxygen atoms in total. The summed E-state index contributed by atoms with van der Waals surface area (Å²) in [5.74, 6) is 0.986. The van der Waals surface area contributed by atoms with Crippen LogP contribution >= 0.6 is 23.5 Å². The molecule has 1 aliphatic carbocycles. The second kappa shape index (κ2) is 24.5. The molecule has 0 aromatic carbocycles.